The summed E-state index contributed by atoms with van der Waals surface area (Å²) in [7, 11) is 0. The van der Waals surface area contributed by atoms with Crippen LogP contribution in [0.1, 0.15) is 18.1 Å². The molecule has 1 heterocycles. The first-order valence-electron chi connectivity index (χ1n) is 10.2. The molecule has 3 aromatic carbocycles. The maximum Gasteiger partial charge on any atom is 0.264 e. The summed E-state index contributed by atoms with van der Waals surface area (Å²) in [5, 5.41) is 4.00. The number of amidine groups is 1. The van der Waals surface area contributed by atoms with Gasteiger partial charge in [0.15, 0.2) is 16.7 Å². The molecule has 0 aromatic heterocycles. The van der Waals surface area contributed by atoms with Gasteiger partial charge in [0.25, 0.3) is 5.91 Å². The van der Waals surface area contributed by atoms with Crippen LogP contribution in [0.5, 0.6) is 11.5 Å². The van der Waals surface area contributed by atoms with Crippen molar-refractivity contribution >= 4 is 62.1 Å². The van der Waals surface area contributed by atoms with Crippen molar-refractivity contribution in [3.8, 4) is 11.5 Å². The lowest BCUT2D eigenvalue weighted by Gasteiger charge is -2.13. The van der Waals surface area contributed by atoms with E-state index in [0.29, 0.717) is 39.8 Å². The first-order chi connectivity index (χ1) is 16.0. The third kappa shape index (κ3) is 6.19. The molecule has 0 spiro atoms. The summed E-state index contributed by atoms with van der Waals surface area (Å²) in [6.45, 7) is 2.73. The molecule has 1 saturated heterocycles. The molecule has 3 aromatic rings. The van der Waals surface area contributed by atoms with Crippen LogP contribution in [0.25, 0.3) is 6.08 Å². The number of carbonyl (C=O) groups excluding carboxylic acids is 1. The van der Waals surface area contributed by atoms with Crippen LogP contribution in [0.3, 0.4) is 0 Å². The Labute approximate surface area is 210 Å². The lowest BCUT2D eigenvalue weighted by atomic mass is 10.2. The minimum Gasteiger partial charge on any atom is -0.490 e. The van der Waals surface area contributed by atoms with E-state index in [9.17, 15) is 4.79 Å². The van der Waals surface area contributed by atoms with Gasteiger partial charge < -0.3 is 14.8 Å². The number of rotatable bonds is 7. The number of benzene rings is 3. The standard InChI is InChI=1S/C25H20BrClN2O3S/c1-2-31-22-13-16(7-12-21(22)32-15-17-5-3-4-6-20(17)27)14-23-24(30)29-25(33-23)28-19-10-8-18(26)9-11-19/h3-14H,2,15H2,1H3,(H,28,29,30)/b23-14-. The first kappa shape index (κ1) is 23.4. The van der Waals surface area contributed by atoms with E-state index in [1.807, 2.05) is 79.7 Å². The van der Waals surface area contributed by atoms with Crippen molar-refractivity contribution in [2.24, 2.45) is 4.99 Å². The van der Waals surface area contributed by atoms with Gasteiger partial charge in [-0.3, -0.25) is 4.79 Å². The number of nitrogens with zero attached hydrogens (tertiary/aromatic N) is 1. The van der Waals surface area contributed by atoms with Crippen LogP contribution >= 0.6 is 39.3 Å². The third-order valence-corrected chi connectivity index (χ3v) is 6.42. The second-order valence-electron chi connectivity index (χ2n) is 6.98. The van der Waals surface area contributed by atoms with E-state index in [1.54, 1.807) is 0 Å². The van der Waals surface area contributed by atoms with Crippen LogP contribution in [0.15, 0.2) is 81.1 Å². The highest BCUT2D eigenvalue weighted by Crippen LogP contribution is 2.33. The average molecular weight is 544 g/mol. The number of hydrogen-bond acceptors (Lipinski definition) is 5. The minimum atomic E-state index is -0.187. The zero-order valence-electron chi connectivity index (χ0n) is 17.7. The number of aliphatic imine (C=N–C) groups is 1. The average Bonchev–Trinajstić information content (AvgIpc) is 3.14. The lowest BCUT2D eigenvalue weighted by Crippen LogP contribution is -2.19. The smallest absolute Gasteiger partial charge is 0.264 e. The Bertz CT molecular complexity index is 1230. The molecule has 0 saturated carbocycles. The summed E-state index contributed by atoms with van der Waals surface area (Å²) < 4.78 is 12.7. The predicted molar refractivity (Wildman–Crippen MR) is 138 cm³/mol. The maximum atomic E-state index is 12.4. The van der Waals surface area contributed by atoms with E-state index in [1.165, 1.54) is 11.8 Å². The molecule has 0 unspecified atom stereocenters. The second-order valence-corrected chi connectivity index (χ2v) is 9.33. The quantitative estimate of drug-likeness (QED) is 0.327. The Morgan fingerprint density at radius 2 is 1.85 bits per heavy atom. The molecule has 1 amide bonds. The van der Waals surface area contributed by atoms with Crippen molar-refractivity contribution < 1.29 is 14.3 Å². The molecule has 1 N–H and O–H groups in total. The topological polar surface area (TPSA) is 59.9 Å². The molecule has 1 fully saturated rings. The van der Waals surface area contributed by atoms with E-state index < -0.39 is 0 Å². The van der Waals surface area contributed by atoms with Crippen LogP contribution in [0.4, 0.5) is 5.69 Å². The minimum absolute atomic E-state index is 0.187. The summed E-state index contributed by atoms with van der Waals surface area (Å²) in [6, 6.07) is 20.7. The summed E-state index contributed by atoms with van der Waals surface area (Å²) >= 11 is 10.9. The summed E-state index contributed by atoms with van der Waals surface area (Å²) in [5.74, 6) is 1.03. The Kier molecular flexibility index (Phi) is 7.75. The largest absolute Gasteiger partial charge is 0.490 e. The van der Waals surface area contributed by atoms with Crippen LogP contribution in [0.2, 0.25) is 5.02 Å². The molecule has 0 bridgehead atoms. The fourth-order valence-electron chi connectivity index (χ4n) is 3.04. The molecule has 4 rings (SSSR count). The number of ether oxygens (including phenoxy) is 2. The lowest BCUT2D eigenvalue weighted by molar-refractivity contribution is -0.115. The molecule has 1 aliphatic rings. The highest BCUT2D eigenvalue weighted by Gasteiger charge is 2.24. The van der Waals surface area contributed by atoms with Crippen molar-refractivity contribution in [2.75, 3.05) is 6.61 Å². The summed E-state index contributed by atoms with van der Waals surface area (Å²) in [5.41, 5.74) is 2.48. The van der Waals surface area contributed by atoms with Gasteiger partial charge >= 0.3 is 0 Å². The zero-order chi connectivity index (χ0) is 23.2. The normalized spacial score (nSPS) is 15.7. The van der Waals surface area contributed by atoms with Gasteiger partial charge in [-0.05, 0) is 72.8 Å². The molecule has 0 aliphatic carbocycles. The number of halogens is 2. The monoisotopic (exact) mass is 542 g/mol. The van der Waals surface area contributed by atoms with Crippen molar-refractivity contribution in [1.29, 1.82) is 0 Å². The Balaban J connectivity index is 1.51. The van der Waals surface area contributed by atoms with Gasteiger partial charge in [0.1, 0.15) is 6.61 Å². The van der Waals surface area contributed by atoms with Gasteiger partial charge in [0.2, 0.25) is 0 Å². The van der Waals surface area contributed by atoms with E-state index in [2.05, 4.69) is 26.2 Å². The third-order valence-electron chi connectivity index (χ3n) is 4.61. The highest BCUT2D eigenvalue weighted by atomic mass is 79.9. The van der Waals surface area contributed by atoms with E-state index in [-0.39, 0.29) is 5.91 Å². The molecule has 33 heavy (non-hydrogen) atoms. The van der Waals surface area contributed by atoms with E-state index in [0.717, 1.165) is 21.3 Å². The van der Waals surface area contributed by atoms with Gasteiger partial charge in [-0.15, -0.1) is 0 Å². The van der Waals surface area contributed by atoms with Crippen molar-refractivity contribution in [3.63, 3.8) is 0 Å². The first-order valence-corrected chi connectivity index (χ1v) is 12.2. The number of amides is 1. The zero-order valence-corrected chi connectivity index (χ0v) is 20.8. The maximum absolute atomic E-state index is 12.4. The summed E-state index contributed by atoms with van der Waals surface area (Å²) in [6.07, 6.45) is 1.81. The predicted octanol–water partition coefficient (Wildman–Crippen LogP) is 6.97. The Morgan fingerprint density at radius 1 is 1.06 bits per heavy atom. The van der Waals surface area contributed by atoms with Gasteiger partial charge in [0, 0.05) is 15.1 Å². The SMILES string of the molecule is CCOc1cc(/C=C2\SC(=Nc3ccc(Br)cc3)NC2=O)ccc1OCc1ccccc1Cl. The van der Waals surface area contributed by atoms with Gasteiger partial charge in [-0.1, -0.05) is 51.8 Å². The molecular formula is C25H20BrClN2O3S. The molecule has 1 aliphatic heterocycles. The Hall–Kier alpha value is -2.74. The molecule has 5 nitrogen and oxygen atoms in total. The molecular weight excluding hydrogens is 524 g/mol. The van der Waals surface area contributed by atoms with Crippen molar-refractivity contribution in [2.45, 2.75) is 13.5 Å². The fraction of sp³-hybridized carbons (Fsp3) is 0.120. The van der Waals surface area contributed by atoms with Gasteiger partial charge in [-0.2, -0.15) is 0 Å². The number of nitrogens with one attached hydrogen (secondary N) is 1. The second kappa shape index (κ2) is 10.9. The van der Waals surface area contributed by atoms with Crippen molar-refractivity contribution in [1.82, 2.24) is 5.32 Å². The van der Waals surface area contributed by atoms with Gasteiger partial charge in [-0.25, -0.2) is 4.99 Å². The van der Waals surface area contributed by atoms with E-state index >= 15 is 0 Å². The number of hydrogen-bond donors (Lipinski definition) is 1. The molecule has 0 radical (unpaired) electrons. The Morgan fingerprint density at radius 3 is 2.61 bits per heavy atom. The number of carbonyl (C=O) groups is 1. The fourth-order valence-corrected chi connectivity index (χ4v) is 4.33. The van der Waals surface area contributed by atoms with Crippen LogP contribution < -0.4 is 14.8 Å². The van der Waals surface area contributed by atoms with Gasteiger partial charge in [0.05, 0.1) is 17.2 Å². The van der Waals surface area contributed by atoms with Crippen LogP contribution in [-0.2, 0) is 11.4 Å². The highest BCUT2D eigenvalue weighted by molar-refractivity contribution is 9.10. The van der Waals surface area contributed by atoms with Crippen molar-refractivity contribution in [3.05, 3.63) is 92.3 Å². The number of thioether (sulfide) groups is 1. The molecule has 168 valence electrons. The molecule has 8 heteroatoms. The van der Waals surface area contributed by atoms with E-state index in [4.69, 9.17) is 21.1 Å². The molecule has 0 atom stereocenters. The van der Waals surface area contributed by atoms with Crippen LogP contribution in [0, 0.1) is 0 Å². The van der Waals surface area contributed by atoms with Crippen LogP contribution in [-0.4, -0.2) is 17.7 Å². The summed E-state index contributed by atoms with van der Waals surface area (Å²) in [4.78, 5) is 17.5.